The molecule has 1 unspecified atom stereocenters. The molecule has 0 bridgehead atoms. The van der Waals surface area contributed by atoms with Crippen LogP contribution in [0.3, 0.4) is 0 Å². The smallest absolute Gasteiger partial charge is 0.134 e. The maximum Gasteiger partial charge on any atom is 0.134 e. The van der Waals surface area contributed by atoms with Gasteiger partial charge in [-0.3, -0.25) is 4.68 Å². The van der Waals surface area contributed by atoms with Gasteiger partial charge in [-0.05, 0) is 40.3 Å². The van der Waals surface area contributed by atoms with E-state index in [-0.39, 0.29) is 0 Å². The number of nitrogens with zero attached hydrogens (tertiary/aromatic N) is 4. The van der Waals surface area contributed by atoms with Crippen LogP contribution in [0.25, 0.3) is 0 Å². The number of aromatic nitrogens is 4. The molecule has 19 heavy (non-hydrogen) atoms. The second-order valence-electron chi connectivity index (χ2n) is 4.34. The van der Waals surface area contributed by atoms with Crippen molar-refractivity contribution in [3.05, 3.63) is 26.9 Å². The van der Waals surface area contributed by atoms with Crippen LogP contribution in [0.4, 0.5) is 0 Å². The summed E-state index contributed by atoms with van der Waals surface area (Å²) in [6.07, 6.45) is 3.80. The molecule has 1 atom stereocenters. The third-order valence-electron chi connectivity index (χ3n) is 2.85. The van der Waals surface area contributed by atoms with Gasteiger partial charge in [-0.1, -0.05) is 24.8 Å². The van der Waals surface area contributed by atoms with E-state index in [0.29, 0.717) is 0 Å². The van der Waals surface area contributed by atoms with Crippen molar-refractivity contribution in [3.63, 3.8) is 0 Å². The zero-order chi connectivity index (χ0) is 13.8. The van der Waals surface area contributed by atoms with Gasteiger partial charge in [-0.2, -0.15) is 5.10 Å². The summed E-state index contributed by atoms with van der Waals surface area (Å²) >= 11 is 4.72. The first-order valence-corrected chi connectivity index (χ1v) is 7.96. The number of aliphatic hydroxyl groups is 1. The fourth-order valence-electron chi connectivity index (χ4n) is 1.99. The van der Waals surface area contributed by atoms with Gasteiger partial charge in [-0.15, -0.1) is 5.10 Å². The van der Waals surface area contributed by atoms with Crippen molar-refractivity contribution >= 4 is 27.5 Å². The van der Waals surface area contributed by atoms with E-state index in [1.54, 1.807) is 6.20 Å². The van der Waals surface area contributed by atoms with Crippen LogP contribution in [0.15, 0.2) is 10.7 Å². The van der Waals surface area contributed by atoms with Gasteiger partial charge >= 0.3 is 0 Å². The van der Waals surface area contributed by atoms with Gasteiger partial charge in [0.1, 0.15) is 6.10 Å². The SMILES string of the molecule is CCCc1nnsc1C(O)c1c(Br)cnn1CCC. The van der Waals surface area contributed by atoms with E-state index in [1.807, 2.05) is 4.68 Å². The highest BCUT2D eigenvalue weighted by molar-refractivity contribution is 9.10. The summed E-state index contributed by atoms with van der Waals surface area (Å²) in [5.74, 6) is 0. The molecule has 1 N–H and O–H groups in total. The number of hydrogen-bond donors (Lipinski definition) is 1. The minimum Gasteiger partial charge on any atom is -0.381 e. The summed E-state index contributed by atoms with van der Waals surface area (Å²) in [7, 11) is 0. The minimum absolute atomic E-state index is 0.718. The van der Waals surface area contributed by atoms with E-state index < -0.39 is 6.10 Å². The van der Waals surface area contributed by atoms with Crippen LogP contribution in [0.2, 0.25) is 0 Å². The quantitative estimate of drug-likeness (QED) is 0.874. The van der Waals surface area contributed by atoms with E-state index in [2.05, 4.69) is 44.5 Å². The third-order valence-corrected chi connectivity index (χ3v) is 4.28. The van der Waals surface area contributed by atoms with E-state index in [9.17, 15) is 5.11 Å². The molecule has 0 spiro atoms. The highest BCUT2D eigenvalue weighted by Gasteiger charge is 2.24. The third kappa shape index (κ3) is 3.04. The Bertz CT molecular complexity index is 540. The summed E-state index contributed by atoms with van der Waals surface area (Å²) in [6, 6.07) is 0. The Balaban J connectivity index is 2.35. The summed E-state index contributed by atoms with van der Waals surface area (Å²) < 4.78 is 6.62. The second kappa shape index (κ2) is 6.58. The average molecular weight is 345 g/mol. The Hall–Kier alpha value is -0.790. The first-order valence-electron chi connectivity index (χ1n) is 6.39. The van der Waals surface area contributed by atoms with Crippen LogP contribution in [0.5, 0.6) is 0 Å². The number of aliphatic hydroxyl groups excluding tert-OH is 1. The number of aryl methyl sites for hydroxylation is 2. The predicted octanol–water partition coefficient (Wildman–Crippen LogP) is 2.94. The lowest BCUT2D eigenvalue weighted by atomic mass is 10.1. The molecule has 104 valence electrons. The monoisotopic (exact) mass is 344 g/mol. The van der Waals surface area contributed by atoms with E-state index >= 15 is 0 Å². The Morgan fingerprint density at radius 3 is 2.89 bits per heavy atom. The van der Waals surface area contributed by atoms with Crippen molar-refractivity contribution in [1.82, 2.24) is 19.4 Å². The van der Waals surface area contributed by atoms with Crippen LogP contribution < -0.4 is 0 Å². The van der Waals surface area contributed by atoms with Crippen molar-refractivity contribution in [3.8, 4) is 0 Å². The zero-order valence-electron chi connectivity index (χ0n) is 11.0. The first-order chi connectivity index (χ1) is 9.19. The van der Waals surface area contributed by atoms with Gasteiger partial charge < -0.3 is 5.11 Å². The molecule has 0 aliphatic carbocycles. The van der Waals surface area contributed by atoms with E-state index in [0.717, 1.165) is 46.5 Å². The Morgan fingerprint density at radius 2 is 2.21 bits per heavy atom. The van der Waals surface area contributed by atoms with Crippen LogP contribution >= 0.6 is 27.5 Å². The maximum atomic E-state index is 10.6. The largest absolute Gasteiger partial charge is 0.381 e. The van der Waals surface area contributed by atoms with Gasteiger partial charge in [0.25, 0.3) is 0 Å². The van der Waals surface area contributed by atoms with Crippen LogP contribution in [0, 0.1) is 0 Å². The van der Waals surface area contributed by atoms with E-state index in [4.69, 9.17) is 0 Å². The molecule has 0 aromatic carbocycles. The molecule has 2 aromatic rings. The van der Waals surface area contributed by atoms with Gasteiger partial charge in [0, 0.05) is 6.54 Å². The molecule has 2 rings (SSSR count). The standard InChI is InChI=1S/C12H17BrN4OS/c1-3-5-9-12(19-16-15-9)11(18)10-8(13)7-14-17(10)6-4-2/h7,11,18H,3-6H2,1-2H3. The normalized spacial score (nSPS) is 12.8. The van der Waals surface area contributed by atoms with Crippen molar-refractivity contribution in [2.24, 2.45) is 0 Å². The molecule has 2 heterocycles. The Kier molecular flexibility index (Phi) is 5.06. The number of hydrogen-bond acceptors (Lipinski definition) is 5. The molecule has 2 aromatic heterocycles. The molecule has 0 fully saturated rings. The lowest BCUT2D eigenvalue weighted by molar-refractivity contribution is 0.209. The van der Waals surface area contributed by atoms with Crippen molar-refractivity contribution in [2.45, 2.75) is 45.8 Å². The molecule has 0 saturated carbocycles. The van der Waals surface area contributed by atoms with Crippen molar-refractivity contribution in [1.29, 1.82) is 0 Å². The summed E-state index contributed by atoms with van der Waals surface area (Å²) in [5.41, 5.74) is 1.67. The molecule has 0 aliphatic heterocycles. The highest BCUT2D eigenvalue weighted by atomic mass is 79.9. The summed E-state index contributed by atoms with van der Waals surface area (Å²) in [5, 5.41) is 19.0. The highest BCUT2D eigenvalue weighted by Crippen LogP contribution is 2.32. The van der Waals surface area contributed by atoms with Crippen LogP contribution in [0.1, 0.15) is 49.1 Å². The van der Waals surface area contributed by atoms with E-state index in [1.165, 1.54) is 11.5 Å². The van der Waals surface area contributed by atoms with Crippen LogP contribution in [-0.4, -0.2) is 24.5 Å². The molecule has 0 amide bonds. The Morgan fingerprint density at radius 1 is 1.42 bits per heavy atom. The predicted molar refractivity (Wildman–Crippen MR) is 78.2 cm³/mol. The molecule has 5 nitrogen and oxygen atoms in total. The lowest BCUT2D eigenvalue weighted by Gasteiger charge is -2.13. The van der Waals surface area contributed by atoms with Gasteiger partial charge in [0.05, 0.1) is 26.9 Å². The second-order valence-corrected chi connectivity index (χ2v) is 5.98. The topological polar surface area (TPSA) is 63.8 Å². The number of halogens is 1. The summed E-state index contributed by atoms with van der Waals surface area (Å²) in [4.78, 5) is 0.820. The van der Waals surface area contributed by atoms with Gasteiger partial charge in [0.15, 0.2) is 0 Å². The van der Waals surface area contributed by atoms with Crippen molar-refractivity contribution in [2.75, 3.05) is 0 Å². The molecule has 0 aliphatic rings. The van der Waals surface area contributed by atoms with Gasteiger partial charge in [-0.25, -0.2) is 0 Å². The van der Waals surface area contributed by atoms with Gasteiger partial charge in [0.2, 0.25) is 0 Å². The molecule has 0 saturated heterocycles. The molecule has 7 heteroatoms. The average Bonchev–Trinajstić information content (AvgIpc) is 2.97. The minimum atomic E-state index is -0.718. The zero-order valence-corrected chi connectivity index (χ0v) is 13.4. The fourth-order valence-corrected chi connectivity index (χ4v) is 3.19. The summed E-state index contributed by atoms with van der Waals surface area (Å²) in [6.45, 7) is 4.96. The molecular weight excluding hydrogens is 328 g/mol. The Labute approximate surface area is 125 Å². The van der Waals surface area contributed by atoms with Crippen molar-refractivity contribution < 1.29 is 5.11 Å². The maximum absolute atomic E-state index is 10.6. The molecular formula is C12H17BrN4OS. The number of rotatable bonds is 6. The lowest BCUT2D eigenvalue weighted by Crippen LogP contribution is -2.11. The van der Waals surface area contributed by atoms with Crippen LogP contribution in [-0.2, 0) is 13.0 Å². The molecule has 0 radical (unpaired) electrons. The fraction of sp³-hybridized carbons (Fsp3) is 0.583. The first kappa shape index (κ1) is 14.6.